The summed E-state index contributed by atoms with van der Waals surface area (Å²) in [7, 11) is 0. The topological polar surface area (TPSA) is 35.6 Å². The maximum atomic E-state index is 5.40. The number of allylic oxidation sites excluding steroid dienone is 1. The van der Waals surface area contributed by atoms with Gasteiger partial charge in [-0.2, -0.15) is 0 Å². The third-order valence-corrected chi connectivity index (χ3v) is 11.8. The molecule has 8 aromatic carbocycles. The number of rotatable bonds is 4. The number of benzene rings is 8. The van der Waals surface area contributed by atoms with Gasteiger partial charge in [-0.3, -0.25) is 4.57 Å². The maximum absolute atomic E-state index is 5.40. The molecule has 0 bridgehead atoms. The molecule has 3 aromatic heterocycles. The summed E-state index contributed by atoms with van der Waals surface area (Å²) >= 11 is 0. The fourth-order valence-corrected chi connectivity index (χ4v) is 9.41. The zero-order chi connectivity index (χ0) is 36.7. The fraction of sp³-hybridized carbons (Fsp3) is 0.0385. The van der Waals surface area contributed by atoms with E-state index in [2.05, 4.69) is 191 Å². The SMILES string of the molecule is C1=Cc2c(c(-c3cc4c(c5ccccc35)c3ccccc3n4-c3ccccc3)cc3c4ccccc4n(-c4nc(-c5ccccc5)c5ccccc5n4)c23)CC1. The van der Waals surface area contributed by atoms with Crippen LogP contribution in [-0.4, -0.2) is 19.1 Å². The van der Waals surface area contributed by atoms with E-state index in [0.717, 1.165) is 51.7 Å². The van der Waals surface area contributed by atoms with Crippen molar-refractivity contribution in [2.45, 2.75) is 12.8 Å². The summed E-state index contributed by atoms with van der Waals surface area (Å²) in [6.07, 6.45) is 6.61. The predicted octanol–water partition coefficient (Wildman–Crippen LogP) is 13.3. The first-order chi connectivity index (χ1) is 27.8. The molecule has 12 rings (SSSR count). The van der Waals surface area contributed by atoms with E-state index in [4.69, 9.17) is 9.97 Å². The standard InChI is InChI=1S/C52H34N4/c1-3-17-33(18-4-1)50-40-26-11-14-28-45(40)53-52(54-50)56-46-29-15-12-23-37(46)44-31-42(36-22-8-10-25-39(36)51(44)56)43-32-48-49(38-24-9-7-21-35(38)43)41-27-13-16-30-47(41)55(48)34-19-5-2-6-20-34/h1-7,9-21,23-32H,8,22H2. The highest BCUT2D eigenvalue weighted by Gasteiger charge is 2.26. The molecule has 0 amide bonds. The number of fused-ring (bicyclic) bond motifs is 11. The summed E-state index contributed by atoms with van der Waals surface area (Å²) in [4.78, 5) is 10.7. The Kier molecular flexibility index (Phi) is 6.72. The van der Waals surface area contributed by atoms with Crippen LogP contribution in [0.15, 0.2) is 176 Å². The Balaban J connectivity index is 1.21. The van der Waals surface area contributed by atoms with E-state index in [1.807, 2.05) is 0 Å². The van der Waals surface area contributed by atoms with Gasteiger partial charge in [0.05, 0.1) is 33.3 Å². The van der Waals surface area contributed by atoms with Gasteiger partial charge in [-0.15, -0.1) is 0 Å². The van der Waals surface area contributed by atoms with Gasteiger partial charge in [-0.1, -0.05) is 140 Å². The number of aromatic nitrogens is 4. The van der Waals surface area contributed by atoms with Gasteiger partial charge in [0.25, 0.3) is 0 Å². The molecule has 0 unspecified atom stereocenters. The number of hydrogen-bond acceptors (Lipinski definition) is 2. The van der Waals surface area contributed by atoms with Crippen molar-refractivity contribution in [1.82, 2.24) is 19.1 Å². The van der Waals surface area contributed by atoms with Gasteiger partial charge in [0.2, 0.25) is 5.95 Å². The van der Waals surface area contributed by atoms with E-state index in [1.54, 1.807) is 0 Å². The minimum absolute atomic E-state index is 0.682. The average molecular weight is 715 g/mol. The summed E-state index contributed by atoms with van der Waals surface area (Å²) < 4.78 is 4.76. The molecule has 4 heteroatoms. The first-order valence-electron chi connectivity index (χ1n) is 19.4. The lowest BCUT2D eigenvalue weighted by molar-refractivity contribution is 0.978. The molecule has 4 nitrogen and oxygen atoms in total. The third-order valence-electron chi connectivity index (χ3n) is 11.8. The summed E-state index contributed by atoms with van der Waals surface area (Å²) in [5.74, 6) is 0.682. The van der Waals surface area contributed by atoms with E-state index in [0.29, 0.717) is 5.95 Å². The van der Waals surface area contributed by atoms with Gasteiger partial charge < -0.3 is 4.57 Å². The Labute approximate surface area is 323 Å². The van der Waals surface area contributed by atoms with Gasteiger partial charge in [0, 0.05) is 43.7 Å². The normalized spacial score (nSPS) is 12.8. The highest BCUT2D eigenvalue weighted by atomic mass is 15.2. The van der Waals surface area contributed by atoms with E-state index < -0.39 is 0 Å². The van der Waals surface area contributed by atoms with Gasteiger partial charge >= 0.3 is 0 Å². The average Bonchev–Trinajstić information content (AvgIpc) is 3.79. The summed E-state index contributed by atoms with van der Waals surface area (Å²) in [6.45, 7) is 0. The molecule has 0 saturated heterocycles. The molecule has 0 atom stereocenters. The zero-order valence-electron chi connectivity index (χ0n) is 30.5. The van der Waals surface area contributed by atoms with Crippen LogP contribution in [0.1, 0.15) is 17.5 Å². The third kappa shape index (κ3) is 4.47. The molecule has 1 aliphatic carbocycles. The Morgan fingerprint density at radius 1 is 0.464 bits per heavy atom. The lowest BCUT2D eigenvalue weighted by Gasteiger charge is -2.21. The number of nitrogens with zero attached hydrogens (tertiary/aromatic N) is 4. The van der Waals surface area contributed by atoms with Crippen molar-refractivity contribution in [3.63, 3.8) is 0 Å². The van der Waals surface area contributed by atoms with Crippen molar-refractivity contribution in [3.8, 4) is 34.0 Å². The minimum atomic E-state index is 0.682. The molecule has 11 aromatic rings. The second-order valence-corrected chi connectivity index (χ2v) is 14.8. The largest absolute Gasteiger partial charge is 0.309 e. The molecule has 56 heavy (non-hydrogen) atoms. The molecule has 0 spiro atoms. The Morgan fingerprint density at radius 2 is 1.11 bits per heavy atom. The maximum Gasteiger partial charge on any atom is 0.235 e. The van der Waals surface area contributed by atoms with Gasteiger partial charge in [-0.05, 0) is 82.8 Å². The van der Waals surface area contributed by atoms with Gasteiger partial charge in [-0.25, -0.2) is 9.97 Å². The van der Waals surface area contributed by atoms with Crippen LogP contribution in [0.25, 0.3) is 105 Å². The van der Waals surface area contributed by atoms with Crippen LogP contribution >= 0.6 is 0 Å². The van der Waals surface area contributed by atoms with Crippen molar-refractivity contribution >= 4 is 71.4 Å². The first-order valence-corrected chi connectivity index (χ1v) is 19.4. The molecule has 0 fully saturated rings. The quantitative estimate of drug-likeness (QED) is 0.182. The van der Waals surface area contributed by atoms with Crippen molar-refractivity contribution in [2.24, 2.45) is 0 Å². The van der Waals surface area contributed by atoms with Crippen molar-refractivity contribution in [3.05, 3.63) is 187 Å². The van der Waals surface area contributed by atoms with Crippen LogP contribution in [0, 0.1) is 0 Å². The highest BCUT2D eigenvalue weighted by molar-refractivity contribution is 6.25. The Morgan fingerprint density at radius 3 is 1.91 bits per heavy atom. The molecular formula is C52H34N4. The lowest BCUT2D eigenvalue weighted by atomic mass is 9.85. The van der Waals surface area contributed by atoms with Crippen LogP contribution in [0.2, 0.25) is 0 Å². The molecular weight excluding hydrogens is 681 g/mol. The molecule has 1 aliphatic rings. The van der Waals surface area contributed by atoms with E-state index in [9.17, 15) is 0 Å². The van der Waals surface area contributed by atoms with Gasteiger partial charge in [0.1, 0.15) is 0 Å². The summed E-state index contributed by atoms with van der Waals surface area (Å²) in [6, 6.07) is 61.1. The molecule has 0 saturated carbocycles. The van der Waals surface area contributed by atoms with Crippen LogP contribution in [0.5, 0.6) is 0 Å². The van der Waals surface area contributed by atoms with E-state index >= 15 is 0 Å². The Hall–Kier alpha value is -7.30. The smallest absolute Gasteiger partial charge is 0.235 e. The van der Waals surface area contributed by atoms with E-state index in [1.165, 1.54) is 65.6 Å². The van der Waals surface area contributed by atoms with Crippen molar-refractivity contribution in [1.29, 1.82) is 0 Å². The monoisotopic (exact) mass is 714 g/mol. The Bertz CT molecular complexity index is 3410. The highest BCUT2D eigenvalue weighted by Crippen LogP contribution is 2.46. The second kappa shape index (κ2) is 12.1. The summed E-state index contributed by atoms with van der Waals surface area (Å²) in [5, 5.41) is 8.52. The van der Waals surface area contributed by atoms with Crippen molar-refractivity contribution in [2.75, 3.05) is 0 Å². The lowest BCUT2D eigenvalue weighted by Crippen LogP contribution is -2.06. The number of para-hydroxylation sites is 4. The van der Waals surface area contributed by atoms with Crippen LogP contribution in [0.4, 0.5) is 0 Å². The predicted molar refractivity (Wildman–Crippen MR) is 234 cm³/mol. The summed E-state index contributed by atoms with van der Waals surface area (Å²) in [5.41, 5.74) is 13.9. The molecule has 0 N–H and O–H groups in total. The fourth-order valence-electron chi connectivity index (χ4n) is 9.41. The number of hydrogen-bond donors (Lipinski definition) is 0. The van der Waals surface area contributed by atoms with Crippen LogP contribution in [-0.2, 0) is 6.42 Å². The molecule has 0 radical (unpaired) electrons. The van der Waals surface area contributed by atoms with Crippen molar-refractivity contribution < 1.29 is 0 Å². The minimum Gasteiger partial charge on any atom is -0.309 e. The van der Waals surface area contributed by atoms with Crippen LogP contribution < -0.4 is 0 Å². The van der Waals surface area contributed by atoms with Gasteiger partial charge in [0.15, 0.2) is 0 Å². The van der Waals surface area contributed by atoms with Crippen LogP contribution in [0.3, 0.4) is 0 Å². The first kappa shape index (κ1) is 31.1. The molecule has 3 heterocycles. The van der Waals surface area contributed by atoms with E-state index in [-0.39, 0.29) is 0 Å². The molecule has 0 aliphatic heterocycles. The second-order valence-electron chi connectivity index (χ2n) is 14.8. The zero-order valence-corrected chi connectivity index (χ0v) is 30.5. The molecule has 262 valence electrons.